The monoisotopic (exact) mass is 303 g/mol. The number of halogens is 4. The second-order valence-corrected chi connectivity index (χ2v) is 5.10. The summed E-state index contributed by atoms with van der Waals surface area (Å²) in [6.07, 6.45) is 0. The number of rotatable bonds is 4. The predicted octanol–water partition coefficient (Wildman–Crippen LogP) is 3.76. The van der Waals surface area contributed by atoms with Gasteiger partial charge in [0.2, 0.25) is 0 Å². The molecule has 20 heavy (non-hydrogen) atoms. The normalized spacial score (nSPS) is 11.3. The van der Waals surface area contributed by atoms with E-state index in [1.54, 1.807) is 4.57 Å². The lowest BCUT2D eigenvalue weighted by atomic mass is 10.1. The Balaban J connectivity index is 2.55. The Bertz CT molecular complexity index is 602. The largest absolute Gasteiger partial charge is 0.310 e. The number of hydrogen-bond acceptors (Lipinski definition) is 2. The summed E-state index contributed by atoms with van der Waals surface area (Å²) in [5, 5.41) is 7.78. The van der Waals surface area contributed by atoms with Crippen LogP contribution in [0, 0.1) is 23.4 Å². The predicted molar refractivity (Wildman–Crippen MR) is 69.7 cm³/mol. The first-order valence-electron chi connectivity index (χ1n) is 6.07. The summed E-state index contributed by atoms with van der Waals surface area (Å²) in [7, 11) is 0. The highest BCUT2D eigenvalue weighted by atomic mass is 35.5. The molecule has 0 saturated carbocycles. The van der Waals surface area contributed by atoms with Crippen molar-refractivity contribution in [1.82, 2.24) is 14.8 Å². The van der Waals surface area contributed by atoms with Crippen molar-refractivity contribution in [3.05, 3.63) is 35.4 Å². The molecule has 0 aliphatic rings. The molecule has 0 atom stereocenters. The molecule has 2 rings (SSSR count). The van der Waals surface area contributed by atoms with Gasteiger partial charge in [0, 0.05) is 12.1 Å². The van der Waals surface area contributed by atoms with E-state index in [1.807, 2.05) is 13.8 Å². The van der Waals surface area contributed by atoms with Gasteiger partial charge in [0.05, 0.1) is 5.88 Å². The van der Waals surface area contributed by atoms with Crippen LogP contribution in [-0.4, -0.2) is 14.8 Å². The minimum Gasteiger partial charge on any atom is -0.310 e. The molecule has 0 unspecified atom stereocenters. The van der Waals surface area contributed by atoms with Gasteiger partial charge in [-0.05, 0) is 18.1 Å². The van der Waals surface area contributed by atoms with E-state index in [0.717, 1.165) is 12.1 Å². The van der Waals surface area contributed by atoms with Gasteiger partial charge in [0.25, 0.3) is 0 Å². The molecular weight excluding hydrogens is 291 g/mol. The van der Waals surface area contributed by atoms with Crippen molar-refractivity contribution in [2.45, 2.75) is 26.3 Å². The maximum absolute atomic E-state index is 13.3. The third-order valence-electron chi connectivity index (χ3n) is 2.74. The summed E-state index contributed by atoms with van der Waals surface area (Å²) in [4.78, 5) is 0. The van der Waals surface area contributed by atoms with Gasteiger partial charge >= 0.3 is 0 Å². The second-order valence-electron chi connectivity index (χ2n) is 4.83. The molecule has 3 nitrogen and oxygen atoms in total. The Kier molecular flexibility index (Phi) is 4.32. The van der Waals surface area contributed by atoms with Crippen molar-refractivity contribution in [3.63, 3.8) is 0 Å². The highest BCUT2D eigenvalue weighted by molar-refractivity contribution is 6.16. The smallest absolute Gasteiger partial charge is 0.194 e. The summed E-state index contributed by atoms with van der Waals surface area (Å²) < 4.78 is 41.3. The third kappa shape index (κ3) is 2.80. The topological polar surface area (TPSA) is 30.7 Å². The minimum atomic E-state index is -1.50. The number of nitrogens with zero attached hydrogens (tertiary/aromatic N) is 3. The zero-order valence-corrected chi connectivity index (χ0v) is 11.8. The Morgan fingerprint density at radius 2 is 1.75 bits per heavy atom. The van der Waals surface area contributed by atoms with Crippen LogP contribution in [0.3, 0.4) is 0 Å². The average molecular weight is 304 g/mol. The maximum Gasteiger partial charge on any atom is 0.194 e. The summed E-state index contributed by atoms with van der Waals surface area (Å²) in [5.41, 5.74) is 0.130. The van der Waals surface area contributed by atoms with Crippen LogP contribution in [0.15, 0.2) is 12.1 Å². The van der Waals surface area contributed by atoms with Gasteiger partial charge in [0.1, 0.15) is 5.82 Å². The van der Waals surface area contributed by atoms with Gasteiger partial charge in [-0.15, -0.1) is 21.8 Å². The van der Waals surface area contributed by atoms with E-state index < -0.39 is 17.5 Å². The fraction of sp³-hybridized carbons (Fsp3) is 0.385. The molecule has 1 aromatic carbocycles. The highest BCUT2D eigenvalue weighted by Crippen LogP contribution is 2.24. The Morgan fingerprint density at radius 3 is 2.25 bits per heavy atom. The van der Waals surface area contributed by atoms with Crippen molar-refractivity contribution in [2.24, 2.45) is 5.92 Å². The first-order valence-corrected chi connectivity index (χ1v) is 6.60. The zero-order valence-electron chi connectivity index (χ0n) is 11.0. The molecule has 108 valence electrons. The Hall–Kier alpha value is -1.56. The SMILES string of the molecule is CC(C)Cn1c(CCl)nnc1-c1cc(F)c(F)c(F)c1. The first-order chi connectivity index (χ1) is 9.43. The molecule has 0 N–H and O–H groups in total. The molecule has 0 fully saturated rings. The lowest BCUT2D eigenvalue weighted by Gasteiger charge is -2.12. The van der Waals surface area contributed by atoms with Gasteiger partial charge in [-0.2, -0.15) is 0 Å². The lowest BCUT2D eigenvalue weighted by Crippen LogP contribution is -2.09. The Morgan fingerprint density at radius 1 is 1.15 bits per heavy atom. The average Bonchev–Trinajstić information content (AvgIpc) is 2.77. The second kappa shape index (κ2) is 5.83. The third-order valence-corrected chi connectivity index (χ3v) is 2.98. The maximum atomic E-state index is 13.3. The van der Waals surface area contributed by atoms with Crippen molar-refractivity contribution >= 4 is 11.6 Å². The summed E-state index contributed by atoms with van der Waals surface area (Å²) in [6.45, 7) is 4.51. The van der Waals surface area contributed by atoms with E-state index in [4.69, 9.17) is 11.6 Å². The lowest BCUT2D eigenvalue weighted by molar-refractivity contribution is 0.447. The van der Waals surface area contributed by atoms with Gasteiger partial charge in [-0.25, -0.2) is 13.2 Å². The van der Waals surface area contributed by atoms with Gasteiger partial charge in [-0.1, -0.05) is 13.8 Å². The molecule has 0 radical (unpaired) electrons. The quantitative estimate of drug-likeness (QED) is 0.636. The van der Waals surface area contributed by atoms with Crippen molar-refractivity contribution in [3.8, 4) is 11.4 Å². The molecule has 0 amide bonds. The number of alkyl halides is 1. The van der Waals surface area contributed by atoms with Crippen LogP contribution in [-0.2, 0) is 12.4 Å². The molecule has 2 aromatic rings. The van der Waals surface area contributed by atoms with E-state index in [-0.39, 0.29) is 23.2 Å². The van der Waals surface area contributed by atoms with Crippen LogP contribution >= 0.6 is 11.6 Å². The standard InChI is InChI=1S/C13H13ClF3N3/c1-7(2)6-20-11(5-14)18-19-13(20)8-3-9(15)12(17)10(16)4-8/h3-4,7H,5-6H2,1-2H3. The van der Waals surface area contributed by atoms with Crippen molar-refractivity contribution < 1.29 is 13.2 Å². The number of benzene rings is 1. The minimum absolute atomic E-state index is 0.130. The molecule has 7 heteroatoms. The molecule has 0 spiro atoms. The van der Waals surface area contributed by atoms with Crippen LogP contribution in [0.1, 0.15) is 19.7 Å². The van der Waals surface area contributed by atoms with E-state index in [0.29, 0.717) is 12.4 Å². The van der Waals surface area contributed by atoms with E-state index in [1.165, 1.54) is 0 Å². The molecule has 1 heterocycles. The molecule has 0 aliphatic heterocycles. The molecular formula is C13H13ClF3N3. The summed E-state index contributed by atoms with van der Waals surface area (Å²) in [6, 6.07) is 1.80. The fourth-order valence-corrected chi connectivity index (χ4v) is 2.09. The highest BCUT2D eigenvalue weighted by Gasteiger charge is 2.18. The molecule has 0 aliphatic carbocycles. The first kappa shape index (κ1) is 14.8. The van der Waals surface area contributed by atoms with Crippen LogP contribution in [0.25, 0.3) is 11.4 Å². The van der Waals surface area contributed by atoms with Crippen LogP contribution in [0.2, 0.25) is 0 Å². The molecule has 0 saturated heterocycles. The molecule has 0 bridgehead atoms. The van der Waals surface area contributed by atoms with E-state index in [2.05, 4.69) is 10.2 Å². The summed E-state index contributed by atoms with van der Waals surface area (Å²) in [5.74, 6) is -2.85. The van der Waals surface area contributed by atoms with E-state index >= 15 is 0 Å². The Labute approximate surface area is 119 Å². The number of aromatic nitrogens is 3. The van der Waals surface area contributed by atoms with Crippen LogP contribution < -0.4 is 0 Å². The van der Waals surface area contributed by atoms with Crippen LogP contribution in [0.5, 0.6) is 0 Å². The fourth-order valence-electron chi connectivity index (χ4n) is 1.89. The van der Waals surface area contributed by atoms with Crippen molar-refractivity contribution in [2.75, 3.05) is 0 Å². The molecule has 1 aromatic heterocycles. The van der Waals surface area contributed by atoms with Gasteiger partial charge in [0.15, 0.2) is 23.3 Å². The van der Waals surface area contributed by atoms with Crippen LogP contribution in [0.4, 0.5) is 13.2 Å². The van der Waals surface area contributed by atoms with Crippen molar-refractivity contribution in [1.29, 1.82) is 0 Å². The van der Waals surface area contributed by atoms with Gasteiger partial charge in [-0.3, -0.25) is 0 Å². The number of hydrogen-bond donors (Lipinski definition) is 0. The zero-order chi connectivity index (χ0) is 14.9. The van der Waals surface area contributed by atoms with Gasteiger partial charge < -0.3 is 4.57 Å². The van der Waals surface area contributed by atoms with E-state index in [9.17, 15) is 13.2 Å². The summed E-state index contributed by atoms with van der Waals surface area (Å²) >= 11 is 5.77.